The van der Waals surface area contributed by atoms with E-state index in [4.69, 9.17) is 16.3 Å². The minimum atomic E-state index is -0.311. The monoisotopic (exact) mass is 351 g/mol. The molecule has 0 bridgehead atoms. The van der Waals surface area contributed by atoms with Crippen molar-refractivity contribution in [2.24, 2.45) is 0 Å². The van der Waals surface area contributed by atoms with E-state index in [0.29, 0.717) is 11.6 Å². The Morgan fingerprint density at radius 1 is 1.62 bits per heavy atom. The van der Waals surface area contributed by atoms with Crippen LogP contribution in [0.2, 0.25) is 5.02 Å². The lowest BCUT2D eigenvalue weighted by atomic mass is 10.1. The van der Waals surface area contributed by atoms with E-state index in [9.17, 15) is 4.79 Å². The number of ether oxygens (including phenoxy) is 1. The van der Waals surface area contributed by atoms with Gasteiger partial charge in [0.25, 0.3) is 0 Å². The molecular formula is C11H11ClINO2. The van der Waals surface area contributed by atoms with Gasteiger partial charge < -0.3 is 10.1 Å². The van der Waals surface area contributed by atoms with Crippen LogP contribution in [0.3, 0.4) is 0 Å². The molecule has 16 heavy (non-hydrogen) atoms. The van der Waals surface area contributed by atoms with Crippen molar-refractivity contribution in [1.29, 1.82) is 0 Å². The van der Waals surface area contributed by atoms with Gasteiger partial charge in [-0.2, -0.15) is 0 Å². The normalized spacial score (nSPS) is 22.4. The molecule has 2 unspecified atom stereocenters. The molecule has 1 aliphatic rings. The van der Waals surface area contributed by atoms with Crippen LogP contribution in [-0.2, 0) is 9.53 Å². The molecule has 0 aromatic heterocycles. The number of hydrogen-bond donors (Lipinski definition) is 1. The van der Waals surface area contributed by atoms with Crippen LogP contribution in [0.5, 0.6) is 0 Å². The number of carbonyl (C=O) groups excluding carboxylic acids is 1. The molecule has 2 atom stereocenters. The highest BCUT2D eigenvalue weighted by Gasteiger charge is 2.36. The van der Waals surface area contributed by atoms with Gasteiger partial charge in [-0.05, 0) is 30.7 Å². The Hall–Kier alpha value is -0.490. The van der Waals surface area contributed by atoms with Gasteiger partial charge in [0.15, 0.2) is 0 Å². The summed E-state index contributed by atoms with van der Waals surface area (Å²) in [6.45, 7) is 2.20. The first-order chi connectivity index (χ1) is 7.63. The second kappa shape index (κ2) is 4.79. The van der Waals surface area contributed by atoms with Gasteiger partial charge in [-0.15, -0.1) is 0 Å². The first-order valence-electron chi connectivity index (χ1n) is 5.00. The van der Waals surface area contributed by atoms with E-state index >= 15 is 0 Å². The molecule has 1 aromatic rings. The van der Waals surface area contributed by atoms with Gasteiger partial charge in [-0.1, -0.05) is 34.2 Å². The zero-order chi connectivity index (χ0) is 11.7. The largest absolute Gasteiger partial charge is 0.464 e. The first-order valence-corrected chi connectivity index (χ1v) is 6.62. The summed E-state index contributed by atoms with van der Waals surface area (Å²) in [6, 6.07) is 5.28. The Morgan fingerprint density at radius 3 is 3.06 bits per heavy atom. The lowest BCUT2D eigenvalue weighted by Crippen LogP contribution is -2.30. The molecule has 1 aromatic carbocycles. The molecule has 5 heteroatoms. The Bertz CT molecular complexity index is 424. The van der Waals surface area contributed by atoms with Crippen LogP contribution in [0.4, 0.5) is 5.69 Å². The molecule has 0 aliphatic carbocycles. The second-order valence-corrected chi connectivity index (χ2v) is 5.29. The number of benzene rings is 1. The van der Waals surface area contributed by atoms with Crippen LogP contribution in [0.1, 0.15) is 16.4 Å². The molecule has 0 amide bonds. The summed E-state index contributed by atoms with van der Waals surface area (Å²) in [5.74, 6) is -0.214. The van der Waals surface area contributed by atoms with Gasteiger partial charge >= 0.3 is 5.97 Å². The zero-order valence-corrected chi connectivity index (χ0v) is 11.6. The predicted octanol–water partition coefficient (Wildman–Crippen LogP) is 3.17. The van der Waals surface area contributed by atoms with Crippen molar-refractivity contribution >= 4 is 45.8 Å². The summed E-state index contributed by atoms with van der Waals surface area (Å²) >= 11 is 8.16. The summed E-state index contributed by atoms with van der Waals surface area (Å²) in [5.41, 5.74) is 2.02. The third-order valence-electron chi connectivity index (χ3n) is 2.45. The number of carbonyl (C=O) groups is 1. The number of halogens is 2. The Morgan fingerprint density at radius 2 is 2.38 bits per heavy atom. The van der Waals surface area contributed by atoms with Gasteiger partial charge in [0.2, 0.25) is 0 Å². The van der Waals surface area contributed by atoms with Crippen LogP contribution in [0.25, 0.3) is 0 Å². The molecule has 0 saturated heterocycles. The molecule has 1 heterocycles. The fourth-order valence-electron chi connectivity index (χ4n) is 1.72. The van der Waals surface area contributed by atoms with Gasteiger partial charge in [-0.25, -0.2) is 4.79 Å². The van der Waals surface area contributed by atoms with Crippen molar-refractivity contribution < 1.29 is 9.53 Å². The summed E-state index contributed by atoms with van der Waals surface area (Å²) in [5, 5.41) is 3.84. The average Bonchev–Trinajstić information content (AvgIpc) is 2.57. The number of alkyl halides is 1. The highest BCUT2D eigenvalue weighted by molar-refractivity contribution is 14.1. The molecule has 3 nitrogen and oxygen atoms in total. The topological polar surface area (TPSA) is 38.3 Å². The number of esters is 1. The quantitative estimate of drug-likeness (QED) is 0.505. The summed E-state index contributed by atoms with van der Waals surface area (Å²) in [6.07, 6.45) is 0. The van der Waals surface area contributed by atoms with Gasteiger partial charge in [0.1, 0.15) is 6.04 Å². The van der Waals surface area contributed by atoms with Gasteiger partial charge in [0, 0.05) is 10.7 Å². The van der Waals surface area contributed by atoms with Gasteiger partial charge in [0.05, 0.1) is 10.5 Å². The van der Waals surface area contributed by atoms with E-state index in [1.165, 1.54) is 0 Å². The van der Waals surface area contributed by atoms with E-state index in [2.05, 4.69) is 27.9 Å². The minimum Gasteiger partial charge on any atom is -0.464 e. The summed E-state index contributed by atoms with van der Waals surface area (Å²) < 4.78 is 5.08. The van der Waals surface area contributed by atoms with Crippen molar-refractivity contribution in [3.05, 3.63) is 28.8 Å². The highest BCUT2D eigenvalue weighted by Crippen LogP contribution is 2.41. The fourth-order valence-corrected chi connectivity index (χ4v) is 2.89. The average molecular weight is 352 g/mol. The smallest absolute Gasteiger partial charge is 0.330 e. The number of nitrogens with one attached hydrogen (secondary N) is 1. The van der Waals surface area contributed by atoms with E-state index in [0.717, 1.165) is 11.3 Å². The van der Waals surface area contributed by atoms with Crippen LogP contribution in [0.15, 0.2) is 18.2 Å². The van der Waals surface area contributed by atoms with Crippen molar-refractivity contribution in [2.45, 2.75) is 16.9 Å². The predicted molar refractivity (Wildman–Crippen MR) is 72.3 cm³/mol. The third kappa shape index (κ3) is 2.13. The zero-order valence-electron chi connectivity index (χ0n) is 8.67. The van der Waals surface area contributed by atoms with E-state index < -0.39 is 0 Å². The van der Waals surface area contributed by atoms with E-state index in [1.54, 1.807) is 6.92 Å². The molecular weight excluding hydrogens is 340 g/mol. The molecule has 0 saturated carbocycles. The van der Waals surface area contributed by atoms with Crippen molar-refractivity contribution in [2.75, 3.05) is 11.9 Å². The molecule has 0 radical (unpaired) electrons. The molecule has 86 valence electrons. The van der Waals surface area contributed by atoms with Crippen LogP contribution in [0, 0.1) is 0 Å². The lowest BCUT2D eigenvalue weighted by Gasteiger charge is -2.13. The highest BCUT2D eigenvalue weighted by atomic mass is 127. The second-order valence-electron chi connectivity index (χ2n) is 3.51. The van der Waals surface area contributed by atoms with Crippen LogP contribution < -0.4 is 5.32 Å². The van der Waals surface area contributed by atoms with Crippen LogP contribution >= 0.6 is 34.2 Å². The standard InChI is InChI=1S/C11H11ClINO2/c1-2-16-11(15)10-9(13)7-5-6(12)3-4-8(7)14-10/h3-5,9-10,14H,2H2,1H3. The summed E-state index contributed by atoms with van der Waals surface area (Å²) in [4.78, 5) is 11.7. The van der Waals surface area contributed by atoms with E-state index in [1.807, 2.05) is 18.2 Å². The Labute approximate surface area is 113 Å². The SMILES string of the molecule is CCOC(=O)C1Nc2ccc(Cl)cc2C1I. The maximum Gasteiger partial charge on any atom is 0.330 e. The molecule has 1 N–H and O–H groups in total. The van der Waals surface area contributed by atoms with Crippen molar-refractivity contribution in [1.82, 2.24) is 0 Å². The first kappa shape index (κ1) is 12.0. The maximum atomic E-state index is 11.7. The third-order valence-corrected chi connectivity index (χ3v) is 4.08. The Balaban J connectivity index is 2.24. The Kier molecular flexibility index (Phi) is 3.59. The van der Waals surface area contributed by atoms with Crippen molar-refractivity contribution in [3.8, 4) is 0 Å². The van der Waals surface area contributed by atoms with Crippen molar-refractivity contribution in [3.63, 3.8) is 0 Å². The molecule has 2 rings (SSSR count). The summed E-state index contributed by atoms with van der Waals surface area (Å²) in [7, 11) is 0. The number of anilines is 1. The molecule has 1 aliphatic heterocycles. The molecule has 0 spiro atoms. The number of fused-ring (bicyclic) bond motifs is 1. The molecule has 0 fully saturated rings. The number of rotatable bonds is 2. The van der Waals surface area contributed by atoms with Crippen LogP contribution in [-0.4, -0.2) is 18.6 Å². The number of hydrogen-bond acceptors (Lipinski definition) is 3. The van der Waals surface area contributed by atoms with Gasteiger partial charge in [-0.3, -0.25) is 0 Å². The lowest BCUT2D eigenvalue weighted by molar-refractivity contribution is -0.143. The fraction of sp³-hybridized carbons (Fsp3) is 0.364. The van der Waals surface area contributed by atoms with E-state index in [-0.39, 0.29) is 15.9 Å². The maximum absolute atomic E-state index is 11.7. The minimum absolute atomic E-state index is 0.0605.